The summed E-state index contributed by atoms with van der Waals surface area (Å²) in [6.45, 7) is 2.90. The largest absolute Gasteiger partial charge is 0.492 e. The van der Waals surface area contributed by atoms with E-state index in [-0.39, 0.29) is 25.3 Å². The maximum Gasteiger partial charge on any atom is 0.338 e. The lowest BCUT2D eigenvalue weighted by Gasteiger charge is -2.34. The molecule has 0 bridgehead atoms. The standard InChI is InChI=1S/C29H28N6O6/c1-4-39-29(37)19-8-5-9-20(13-19)30-28(36)18-7-6-10-21(14-18)35-27(31-32-33-35)24-23-17(11-12-34(24)2)15-22-25(26(23)38-3)41-16-40-22/h5-10,13-15,24H,4,11-12,16H2,1-3H3,(H,30,36). The molecule has 1 unspecified atom stereocenters. The summed E-state index contributed by atoms with van der Waals surface area (Å²) in [6, 6.07) is 15.3. The number of rotatable bonds is 7. The third-order valence-electron chi connectivity index (χ3n) is 7.12. The summed E-state index contributed by atoms with van der Waals surface area (Å²) in [5, 5.41) is 15.5. The molecule has 6 rings (SSSR count). The summed E-state index contributed by atoms with van der Waals surface area (Å²) in [4.78, 5) is 27.5. The van der Waals surface area contributed by atoms with Gasteiger partial charge in [0.1, 0.15) is 6.04 Å². The van der Waals surface area contributed by atoms with E-state index in [0.29, 0.717) is 45.6 Å². The van der Waals surface area contributed by atoms with Crippen LogP contribution < -0.4 is 19.5 Å². The van der Waals surface area contributed by atoms with Crippen molar-refractivity contribution in [1.82, 2.24) is 25.1 Å². The first-order valence-electron chi connectivity index (χ1n) is 13.1. The first-order valence-corrected chi connectivity index (χ1v) is 13.1. The highest BCUT2D eigenvalue weighted by molar-refractivity contribution is 6.05. The van der Waals surface area contributed by atoms with Gasteiger partial charge >= 0.3 is 5.97 Å². The number of benzene rings is 3. The van der Waals surface area contributed by atoms with Crippen LogP contribution in [0.1, 0.15) is 50.6 Å². The SMILES string of the molecule is CCOC(=O)c1cccc(NC(=O)c2cccc(-n3nnnc3C3c4c(cc5c(c4OC)OCO5)CCN3C)c2)c1. The molecule has 0 fully saturated rings. The molecule has 1 N–H and O–H groups in total. The van der Waals surface area contributed by atoms with Crippen LogP contribution in [0.25, 0.3) is 5.69 Å². The number of nitrogens with one attached hydrogen (secondary N) is 1. The van der Waals surface area contributed by atoms with Crippen molar-refractivity contribution < 1.29 is 28.5 Å². The smallest absolute Gasteiger partial charge is 0.338 e. The van der Waals surface area contributed by atoms with Crippen molar-refractivity contribution in [3.05, 3.63) is 82.7 Å². The second kappa shape index (κ2) is 10.9. The van der Waals surface area contributed by atoms with Crippen molar-refractivity contribution >= 4 is 17.6 Å². The highest BCUT2D eigenvalue weighted by Crippen LogP contribution is 2.50. The van der Waals surface area contributed by atoms with Gasteiger partial charge in [0, 0.05) is 23.4 Å². The predicted molar refractivity (Wildman–Crippen MR) is 147 cm³/mol. The number of likely N-dealkylation sites (N-methyl/N-ethyl adjacent to an activating group) is 1. The summed E-state index contributed by atoms with van der Waals surface area (Å²) < 4.78 is 23.9. The number of carbonyl (C=O) groups is 2. The second-order valence-corrected chi connectivity index (χ2v) is 9.60. The molecule has 2 aliphatic heterocycles. The van der Waals surface area contributed by atoms with Crippen LogP contribution in [0.4, 0.5) is 5.69 Å². The van der Waals surface area contributed by atoms with Gasteiger partial charge in [0.05, 0.1) is 25.0 Å². The molecule has 3 aromatic carbocycles. The predicted octanol–water partition coefficient (Wildman–Crippen LogP) is 3.41. The molecule has 1 aromatic heterocycles. The van der Waals surface area contributed by atoms with Crippen molar-refractivity contribution in [1.29, 1.82) is 0 Å². The van der Waals surface area contributed by atoms with Gasteiger partial charge in [-0.1, -0.05) is 12.1 Å². The summed E-state index contributed by atoms with van der Waals surface area (Å²) in [6.07, 6.45) is 0.796. The first-order chi connectivity index (χ1) is 20.0. The molecule has 3 heterocycles. The molecule has 1 atom stereocenters. The van der Waals surface area contributed by atoms with E-state index in [1.165, 1.54) is 0 Å². The first kappa shape index (κ1) is 26.3. The number of hydrogen-bond donors (Lipinski definition) is 1. The quantitative estimate of drug-likeness (QED) is 0.338. The minimum atomic E-state index is -0.452. The normalized spacial score (nSPS) is 15.7. The lowest BCUT2D eigenvalue weighted by molar-refractivity contribution is 0.0526. The number of fused-ring (bicyclic) bond motifs is 2. The number of esters is 1. The molecular weight excluding hydrogens is 528 g/mol. The van der Waals surface area contributed by atoms with Gasteiger partial charge in [-0.2, -0.15) is 4.68 Å². The van der Waals surface area contributed by atoms with E-state index in [1.54, 1.807) is 61.2 Å². The molecule has 210 valence electrons. The Balaban J connectivity index is 1.32. The van der Waals surface area contributed by atoms with Gasteiger partial charge in [-0.05, 0) is 78.8 Å². The van der Waals surface area contributed by atoms with Gasteiger partial charge in [0.2, 0.25) is 12.5 Å². The molecule has 1 amide bonds. The molecule has 41 heavy (non-hydrogen) atoms. The zero-order valence-electron chi connectivity index (χ0n) is 22.8. The summed E-state index contributed by atoms with van der Waals surface area (Å²) in [5.41, 5.74) is 3.81. The average Bonchev–Trinajstić information content (AvgIpc) is 3.66. The van der Waals surface area contributed by atoms with Gasteiger partial charge in [-0.3, -0.25) is 9.69 Å². The number of carbonyl (C=O) groups excluding carboxylic acids is 2. The van der Waals surface area contributed by atoms with Crippen LogP contribution in [-0.2, 0) is 11.2 Å². The van der Waals surface area contributed by atoms with Gasteiger partial charge in [-0.15, -0.1) is 5.10 Å². The number of tetrazole rings is 1. The summed E-state index contributed by atoms with van der Waals surface area (Å²) >= 11 is 0. The monoisotopic (exact) mass is 556 g/mol. The van der Waals surface area contributed by atoms with Crippen molar-refractivity contribution in [2.24, 2.45) is 0 Å². The number of hydrogen-bond acceptors (Lipinski definition) is 10. The van der Waals surface area contributed by atoms with Gasteiger partial charge in [0.15, 0.2) is 17.3 Å². The van der Waals surface area contributed by atoms with E-state index in [2.05, 4.69) is 25.7 Å². The molecule has 0 saturated heterocycles. The van der Waals surface area contributed by atoms with Crippen LogP contribution in [0.5, 0.6) is 17.2 Å². The van der Waals surface area contributed by atoms with E-state index in [0.717, 1.165) is 24.1 Å². The lowest BCUT2D eigenvalue weighted by Crippen LogP contribution is -2.35. The number of methoxy groups -OCH3 is 1. The average molecular weight is 557 g/mol. The summed E-state index contributed by atoms with van der Waals surface area (Å²) in [5.74, 6) is 1.58. The molecule has 0 radical (unpaired) electrons. The van der Waals surface area contributed by atoms with Gasteiger partial charge < -0.3 is 24.3 Å². The Labute approximate surface area is 235 Å². The van der Waals surface area contributed by atoms with Crippen LogP contribution >= 0.6 is 0 Å². The van der Waals surface area contributed by atoms with Crippen molar-refractivity contribution in [3.63, 3.8) is 0 Å². The topological polar surface area (TPSA) is 130 Å². The molecule has 4 aromatic rings. The van der Waals surface area contributed by atoms with E-state index in [9.17, 15) is 9.59 Å². The van der Waals surface area contributed by atoms with E-state index < -0.39 is 5.97 Å². The second-order valence-electron chi connectivity index (χ2n) is 9.60. The Morgan fingerprint density at radius 1 is 1.10 bits per heavy atom. The molecule has 2 aliphatic rings. The van der Waals surface area contributed by atoms with Crippen molar-refractivity contribution in [2.75, 3.05) is 39.4 Å². The third kappa shape index (κ3) is 4.82. The Morgan fingerprint density at radius 3 is 2.76 bits per heavy atom. The van der Waals surface area contributed by atoms with E-state index in [1.807, 2.05) is 19.2 Å². The number of anilines is 1. The molecule has 0 saturated carbocycles. The van der Waals surface area contributed by atoms with Crippen LogP contribution in [0.3, 0.4) is 0 Å². The highest BCUT2D eigenvalue weighted by Gasteiger charge is 2.37. The number of amides is 1. The Hall–Kier alpha value is -4.97. The van der Waals surface area contributed by atoms with Crippen LogP contribution in [0.2, 0.25) is 0 Å². The highest BCUT2D eigenvalue weighted by atomic mass is 16.7. The van der Waals surface area contributed by atoms with Crippen LogP contribution in [-0.4, -0.2) is 71.1 Å². The number of ether oxygens (including phenoxy) is 4. The molecule has 12 heteroatoms. The van der Waals surface area contributed by atoms with Crippen molar-refractivity contribution in [3.8, 4) is 22.9 Å². The van der Waals surface area contributed by atoms with Crippen LogP contribution in [0, 0.1) is 0 Å². The van der Waals surface area contributed by atoms with Gasteiger partial charge in [-0.25, -0.2) is 4.79 Å². The fraction of sp³-hybridized carbons (Fsp3) is 0.276. The fourth-order valence-corrected chi connectivity index (χ4v) is 5.23. The summed E-state index contributed by atoms with van der Waals surface area (Å²) in [7, 11) is 3.61. The van der Waals surface area contributed by atoms with Crippen LogP contribution in [0.15, 0.2) is 54.6 Å². The zero-order chi connectivity index (χ0) is 28.5. The Morgan fingerprint density at radius 2 is 1.93 bits per heavy atom. The fourth-order valence-electron chi connectivity index (χ4n) is 5.23. The Bertz CT molecular complexity index is 1640. The van der Waals surface area contributed by atoms with E-state index >= 15 is 0 Å². The van der Waals surface area contributed by atoms with E-state index in [4.69, 9.17) is 18.9 Å². The minimum Gasteiger partial charge on any atom is -0.492 e. The van der Waals surface area contributed by atoms with Crippen molar-refractivity contribution in [2.45, 2.75) is 19.4 Å². The van der Waals surface area contributed by atoms with Gasteiger partial charge in [0.25, 0.3) is 5.91 Å². The molecule has 12 nitrogen and oxygen atoms in total. The lowest BCUT2D eigenvalue weighted by atomic mass is 9.90. The third-order valence-corrected chi connectivity index (χ3v) is 7.12. The molecular formula is C29H28N6O6. The molecule has 0 spiro atoms. The minimum absolute atomic E-state index is 0.134. The number of aromatic nitrogens is 4. The molecule has 0 aliphatic carbocycles. The number of nitrogens with zero attached hydrogens (tertiary/aromatic N) is 5. The zero-order valence-corrected chi connectivity index (χ0v) is 22.8. The maximum atomic E-state index is 13.2. The maximum absolute atomic E-state index is 13.2. The Kier molecular flexibility index (Phi) is 6.98.